The third kappa shape index (κ3) is 3.53. The Morgan fingerprint density at radius 1 is 0.806 bits per heavy atom. The van der Waals surface area contributed by atoms with Gasteiger partial charge in [0.15, 0.2) is 5.78 Å². The molecule has 8 heteroatoms. The number of ketones is 2. The number of carbonyl (C=O) groups excluding carboxylic acids is 2. The molecule has 2 aromatic carbocycles. The van der Waals surface area contributed by atoms with Crippen LogP contribution in [0.3, 0.4) is 0 Å². The molecule has 182 valence electrons. The van der Waals surface area contributed by atoms with Crippen molar-refractivity contribution in [2.24, 2.45) is 0 Å². The Morgan fingerprint density at radius 2 is 1.47 bits per heavy atom. The Labute approximate surface area is 208 Å². The highest BCUT2D eigenvalue weighted by atomic mass is 16.3. The van der Waals surface area contributed by atoms with Crippen LogP contribution >= 0.6 is 0 Å². The molecule has 0 saturated carbocycles. The molecule has 2 N–H and O–H groups in total. The van der Waals surface area contributed by atoms with Crippen molar-refractivity contribution in [1.82, 2.24) is 9.88 Å². The standard InChI is InChI=1S/C28H26N4O4/c1-30-10-12-31(13-11-30)23-9-6-19(15-29-23)32-16-18-5-3-2-4-17(18)14-20-26(32)28(36)25-22(34)8-7-21(33)24(25)27(20)35/h2-9,15,33-34H,10-14,16H2,1H3. The lowest BCUT2D eigenvalue weighted by atomic mass is 9.83. The number of benzene rings is 2. The molecule has 0 atom stereocenters. The fourth-order valence-corrected chi connectivity index (χ4v) is 5.31. The first-order valence-electron chi connectivity index (χ1n) is 12.0. The summed E-state index contributed by atoms with van der Waals surface area (Å²) in [5, 5.41) is 21.0. The Balaban J connectivity index is 1.46. The number of carbonyl (C=O) groups is 2. The molecule has 0 spiro atoms. The SMILES string of the molecule is CN1CCN(c2ccc(N3Cc4ccccc4CC4=C3C(=O)c3c(O)ccc(O)c3C4=O)cn2)CC1. The molecule has 0 unspecified atom stereocenters. The predicted octanol–water partition coefficient (Wildman–Crippen LogP) is 3.14. The van der Waals surface area contributed by atoms with Gasteiger partial charge in [-0.15, -0.1) is 0 Å². The van der Waals surface area contributed by atoms with Gasteiger partial charge in [-0.2, -0.15) is 0 Å². The molecule has 1 aliphatic carbocycles. The average Bonchev–Trinajstić information content (AvgIpc) is 3.07. The molecule has 3 aliphatic rings. The number of hydrogen-bond acceptors (Lipinski definition) is 8. The van der Waals surface area contributed by atoms with E-state index in [-0.39, 0.29) is 34.7 Å². The molecule has 3 heterocycles. The number of piperazine rings is 1. The van der Waals surface area contributed by atoms with Gasteiger partial charge in [0.05, 0.1) is 28.7 Å². The van der Waals surface area contributed by atoms with Crippen molar-refractivity contribution in [3.8, 4) is 11.5 Å². The van der Waals surface area contributed by atoms with Gasteiger partial charge in [-0.3, -0.25) is 9.59 Å². The highest BCUT2D eigenvalue weighted by Gasteiger charge is 2.40. The summed E-state index contributed by atoms with van der Waals surface area (Å²) >= 11 is 0. The van der Waals surface area contributed by atoms with E-state index in [1.807, 2.05) is 41.3 Å². The van der Waals surface area contributed by atoms with Gasteiger partial charge in [0.1, 0.15) is 17.3 Å². The summed E-state index contributed by atoms with van der Waals surface area (Å²) < 4.78 is 0. The average molecular weight is 483 g/mol. The van der Waals surface area contributed by atoms with E-state index in [9.17, 15) is 19.8 Å². The summed E-state index contributed by atoms with van der Waals surface area (Å²) in [6.07, 6.45) is 2.00. The number of allylic oxidation sites excluding steroid dienone is 2. The van der Waals surface area contributed by atoms with E-state index in [0.717, 1.165) is 43.1 Å². The van der Waals surface area contributed by atoms with Crippen LogP contribution in [0.1, 0.15) is 31.8 Å². The second kappa shape index (κ2) is 8.49. The summed E-state index contributed by atoms with van der Waals surface area (Å²) in [7, 11) is 2.11. The monoisotopic (exact) mass is 482 g/mol. The molecule has 1 fully saturated rings. The molecular weight excluding hydrogens is 456 g/mol. The van der Waals surface area contributed by atoms with Gasteiger partial charge >= 0.3 is 0 Å². The van der Waals surface area contributed by atoms with Crippen molar-refractivity contribution in [1.29, 1.82) is 0 Å². The number of nitrogens with zero attached hydrogens (tertiary/aromatic N) is 4. The third-order valence-electron chi connectivity index (χ3n) is 7.35. The topological polar surface area (TPSA) is 97.2 Å². The Hall–Kier alpha value is -4.17. The van der Waals surface area contributed by atoms with Crippen LogP contribution in [0.2, 0.25) is 0 Å². The quantitative estimate of drug-likeness (QED) is 0.538. The number of aromatic hydroxyl groups is 2. The predicted molar refractivity (Wildman–Crippen MR) is 136 cm³/mol. The first-order valence-corrected chi connectivity index (χ1v) is 12.0. The zero-order valence-corrected chi connectivity index (χ0v) is 19.9. The second-order valence-electron chi connectivity index (χ2n) is 9.54. The molecule has 1 aromatic heterocycles. The van der Waals surface area contributed by atoms with Crippen LogP contribution in [-0.4, -0.2) is 64.9 Å². The minimum atomic E-state index is -0.482. The van der Waals surface area contributed by atoms with Crippen LogP contribution in [0.4, 0.5) is 11.5 Å². The third-order valence-corrected chi connectivity index (χ3v) is 7.35. The zero-order chi connectivity index (χ0) is 25.0. The normalized spacial score (nSPS) is 18.0. The van der Waals surface area contributed by atoms with Crippen molar-refractivity contribution in [3.05, 3.63) is 88.3 Å². The molecule has 0 radical (unpaired) electrons. The van der Waals surface area contributed by atoms with E-state index >= 15 is 0 Å². The molecular formula is C28H26N4O4. The Bertz CT molecular complexity index is 1420. The summed E-state index contributed by atoms with van der Waals surface area (Å²) in [5.41, 5.74) is 2.85. The van der Waals surface area contributed by atoms with Gasteiger partial charge in [-0.1, -0.05) is 24.3 Å². The van der Waals surface area contributed by atoms with Crippen LogP contribution in [0.5, 0.6) is 11.5 Å². The van der Waals surface area contributed by atoms with E-state index in [2.05, 4.69) is 16.8 Å². The number of rotatable bonds is 2. The van der Waals surface area contributed by atoms with E-state index < -0.39 is 11.6 Å². The summed E-state index contributed by atoms with van der Waals surface area (Å²) in [6.45, 7) is 4.09. The Kier molecular flexibility index (Phi) is 5.26. The maximum atomic E-state index is 13.8. The van der Waals surface area contributed by atoms with Crippen molar-refractivity contribution >= 4 is 23.1 Å². The molecule has 0 amide bonds. The second-order valence-corrected chi connectivity index (χ2v) is 9.54. The summed E-state index contributed by atoms with van der Waals surface area (Å²) in [5.74, 6) is -0.691. The van der Waals surface area contributed by atoms with E-state index in [0.29, 0.717) is 17.8 Å². The zero-order valence-electron chi connectivity index (χ0n) is 19.9. The molecule has 6 rings (SSSR count). The molecule has 0 bridgehead atoms. The van der Waals surface area contributed by atoms with E-state index in [1.54, 1.807) is 6.20 Å². The van der Waals surface area contributed by atoms with Gasteiger partial charge in [0.2, 0.25) is 5.78 Å². The first kappa shape index (κ1) is 22.3. The number of likely N-dealkylation sites (N-methyl/N-ethyl adjacent to an activating group) is 1. The lowest BCUT2D eigenvalue weighted by Gasteiger charge is -2.34. The highest BCUT2D eigenvalue weighted by Crippen LogP contribution is 2.42. The summed E-state index contributed by atoms with van der Waals surface area (Å²) in [6, 6.07) is 14.2. The van der Waals surface area contributed by atoms with Crippen molar-refractivity contribution < 1.29 is 19.8 Å². The van der Waals surface area contributed by atoms with Crippen LogP contribution in [0.15, 0.2) is 66.0 Å². The first-order chi connectivity index (χ1) is 17.4. The molecule has 8 nitrogen and oxygen atoms in total. The van der Waals surface area contributed by atoms with Crippen LogP contribution in [0.25, 0.3) is 0 Å². The van der Waals surface area contributed by atoms with E-state index in [1.165, 1.54) is 12.1 Å². The molecule has 2 aliphatic heterocycles. The lowest BCUT2D eigenvalue weighted by Crippen LogP contribution is -2.44. The number of phenols is 2. The smallest absolute Gasteiger partial charge is 0.214 e. The number of pyridine rings is 1. The number of Topliss-reactive ketones (excluding diaryl/α,β-unsaturated/α-hetero) is 2. The fraction of sp³-hybridized carbons (Fsp3) is 0.250. The van der Waals surface area contributed by atoms with Crippen LogP contribution in [-0.2, 0) is 13.0 Å². The summed E-state index contributed by atoms with van der Waals surface area (Å²) in [4.78, 5) is 38.5. The minimum absolute atomic E-state index is 0.137. The number of anilines is 2. The van der Waals surface area contributed by atoms with Gasteiger partial charge in [0, 0.05) is 44.7 Å². The number of fused-ring (bicyclic) bond motifs is 2. The molecule has 36 heavy (non-hydrogen) atoms. The van der Waals surface area contributed by atoms with E-state index in [4.69, 9.17) is 4.98 Å². The minimum Gasteiger partial charge on any atom is -0.507 e. The van der Waals surface area contributed by atoms with Gasteiger partial charge in [-0.25, -0.2) is 4.98 Å². The van der Waals surface area contributed by atoms with Gasteiger partial charge < -0.3 is 24.9 Å². The maximum Gasteiger partial charge on any atom is 0.214 e. The van der Waals surface area contributed by atoms with Crippen molar-refractivity contribution in [2.45, 2.75) is 13.0 Å². The molecule has 1 saturated heterocycles. The fourth-order valence-electron chi connectivity index (χ4n) is 5.31. The molecule has 3 aromatic rings. The lowest BCUT2D eigenvalue weighted by molar-refractivity contribution is 0.0965. The highest BCUT2D eigenvalue weighted by molar-refractivity contribution is 6.30. The number of aromatic nitrogens is 1. The van der Waals surface area contributed by atoms with Crippen molar-refractivity contribution in [3.63, 3.8) is 0 Å². The number of phenolic OH excluding ortho intramolecular Hbond substituents is 2. The Morgan fingerprint density at radius 3 is 2.14 bits per heavy atom. The number of hydrogen-bond donors (Lipinski definition) is 2. The largest absolute Gasteiger partial charge is 0.507 e. The van der Waals surface area contributed by atoms with Crippen LogP contribution in [0, 0.1) is 0 Å². The van der Waals surface area contributed by atoms with Crippen LogP contribution < -0.4 is 9.80 Å². The van der Waals surface area contributed by atoms with Crippen molar-refractivity contribution in [2.75, 3.05) is 43.0 Å². The van der Waals surface area contributed by atoms with Gasteiger partial charge in [0.25, 0.3) is 0 Å². The van der Waals surface area contributed by atoms with Gasteiger partial charge in [-0.05, 0) is 42.4 Å². The maximum absolute atomic E-state index is 13.8.